The van der Waals surface area contributed by atoms with Crippen molar-refractivity contribution in [2.75, 3.05) is 5.32 Å². The largest absolute Gasteiger partial charge is 0.339 e. The first-order chi connectivity index (χ1) is 12.9. The summed E-state index contributed by atoms with van der Waals surface area (Å²) in [5.74, 6) is 1.43. The molecule has 1 aromatic heterocycles. The lowest BCUT2D eigenvalue weighted by molar-refractivity contribution is -0.116. The molecule has 1 heterocycles. The average molecular weight is 363 g/mol. The number of hydrogen-bond acceptors (Lipinski definition) is 4. The fourth-order valence-corrected chi connectivity index (χ4v) is 2.98. The van der Waals surface area contributed by atoms with E-state index >= 15 is 0 Å². The Kier molecular flexibility index (Phi) is 5.69. The molecule has 0 radical (unpaired) electrons. The number of carbonyl (C=O) groups excluding carboxylic acids is 1. The monoisotopic (exact) mass is 363 g/mol. The standard InChI is InChI=1S/C22H25N3O2/c1-14(2)17-5-7-18(8-6-17)22-24-21(27-25-22)10-9-20(26)23-19-12-15(3)11-16(4)13-19/h5-8,11-14H,9-10H2,1-4H3,(H,23,26). The molecule has 140 valence electrons. The van der Waals surface area contributed by atoms with E-state index in [1.807, 2.05) is 38.1 Å². The molecule has 3 rings (SSSR count). The quantitative estimate of drug-likeness (QED) is 0.665. The van der Waals surface area contributed by atoms with E-state index in [0.29, 0.717) is 30.5 Å². The zero-order chi connectivity index (χ0) is 19.4. The Bertz CT molecular complexity index is 907. The van der Waals surface area contributed by atoms with Gasteiger partial charge in [-0.25, -0.2) is 0 Å². The van der Waals surface area contributed by atoms with Crippen LogP contribution in [0.4, 0.5) is 5.69 Å². The highest BCUT2D eigenvalue weighted by molar-refractivity contribution is 5.90. The molecule has 5 nitrogen and oxygen atoms in total. The minimum Gasteiger partial charge on any atom is -0.339 e. The number of aryl methyl sites for hydroxylation is 3. The highest BCUT2D eigenvalue weighted by Gasteiger charge is 2.11. The van der Waals surface area contributed by atoms with Crippen LogP contribution in [0.25, 0.3) is 11.4 Å². The number of anilines is 1. The van der Waals surface area contributed by atoms with Gasteiger partial charge in [0.15, 0.2) is 0 Å². The zero-order valence-electron chi connectivity index (χ0n) is 16.2. The van der Waals surface area contributed by atoms with Gasteiger partial charge < -0.3 is 9.84 Å². The number of aromatic nitrogens is 2. The van der Waals surface area contributed by atoms with Crippen molar-refractivity contribution in [1.82, 2.24) is 10.1 Å². The van der Waals surface area contributed by atoms with Crippen LogP contribution in [-0.2, 0) is 11.2 Å². The van der Waals surface area contributed by atoms with Gasteiger partial charge >= 0.3 is 0 Å². The van der Waals surface area contributed by atoms with Crippen molar-refractivity contribution in [3.63, 3.8) is 0 Å². The fraction of sp³-hybridized carbons (Fsp3) is 0.318. The van der Waals surface area contributed by atoms with Crippen LogP contribution in [0.3, 0.4) is 0 Å². The molecule has 0 aliphatic carbocycles. The minimum atomic E-state index is -0.0685. The smallest absolute Gasteiger partial charge is 0.227 e. The van der Waals surface area contributed by atoms with E-state index in [1.54, 1.807) is 0 Å². The second-order valence-corrected chi connectivity index (χ2v) is 7.21. The first kappa shape index (κ1) is 18.8. The summed E-state index contributed by atoms with van der Waals surface area (Å²) in [4.78, 5) is 16.6. The maximum Gasteiger partial charge on any atom is 0.227 e. The summed E-state index contributed by atoms with van der Waals surface area (Å²) in [6.07, 6.45) is 0.703. The van der Waals surface area contributed by atoms with Crippen molar-refractivity contribution < 1.29 is 9.32 Å². The normalized spacial score (nSPS) is 11.0. The van der Waals surface area contributed by atoms with Crippen molar-refractivity contribution in [1.29, 1.82) is 0 Å². The van der Waals surface area contributed by atoms with Gasteiger partial charge in [0, 0.05) is 24.1 Å². The SMILES string of the molecule is Cc1cc(C)cc(NC(=O)CCc2nc(-c3ccc(C(C)C)cc3)no2)c1. The molecule has 0 atom stereocenters. The molecular weight excluding hydrogens is 338 g/mol. The molecule has 0 saturated carbocycles. The maximum atomic E-state index is 12.2. The summed E-state index contributed by atoms with van der Waals surface area (Å²) >= 11 is 0. The summed E-state index contributed by atoms with van der Waals surface area (Å²) in [6, 6.07) is 14.1. The predicted molar refractivity (Wildman–Crippen MR) is 107 cm³/mol. The second kappa shape index (κ2) is 8.16. The number of hydrogen-bond donors (Lipinski definition) is 1. The van der Waals surface area contributed by atoms with E-state index in [9.17, 15) is 4.79 Å². The Morgan fingerprint density at radius 2 is 1.74 bits per heavy atom. The van der Waals surface area contributed by atoms with Gasteiger partial charge in [-0.1, -0.05) is 49.3 Å². The van der Waals surface area contributed by atoms with E-state index in [0.717, 1.165) is 22.4 Å². The topological polar surface area (TPSA) is 68.0 Å². The van der Waals surface area contributed by atoms with Gasteiger partial charge in [0.1, 0.15) is 0 Å². The molecule has 3 aromatic rings. The Morgan fingerprint density at radius 1 is 1.07 bits per heavy atom. The third-order valence-electron chi connectivity index (χ3n) is 4.38. The van der Waals surface area contributed by atoms with Gasteiger partial charge in [0.2, 0.25) is 17.6 Å². The van der Waals surface area contributed by atoms with E-state index in [2.05, 4.69) is 47.5 Å². The Hall–Kier alpha value is -2.95. The minimum absolute atomic E-state index is 0.0685. The predicted octanol–water partition coefficient (Wildman–Crippen LogP) is 5.05. The van der Waals surface area contributed by atoms with Crippen LogP contribution < -0.4 is 5.32 Å². The number of carbonyl (C=O) groups is 1. The Morgan fingerprint density at radius 3 is 2.37 bits per heavy atom. The fourth-order valence-electron chi connectivity index (χ4n) is 2.98. The van der Waals surface area contributed by atoms with E-state index in [4.69, 9.17) is 4.52 Å². The van der Waals surface area contributed by atoms with Crippen molar-refractivity contribution in [3.8, 4) is 11.4 Å². The molecule has 0 saturated heterocycles. The maximum absolute atomic E-state index is 12.2. The lowest BCUT2D eigenvalue weighted by Gasteiger charge is -2.06. The highest BCUT2D eigenvalue weighted by Crippen LogP contribution is 2.21. The van der Waals surface area contributed by atoms with Crippen LogP contribution in [0.1, 0.15) is 48.8 Å². The van der Waals surface area contributed by atoms with Crippen molar-refractivity contribution in [2.45, 2.75) is 46.5 Å². The third-order valence-corrected chi connectivity index (χ3v) is 4.38. The average Bonchev–Trinajstić information content (AvgIpc) is 3.08. The van der Waals surface area contributed by atoms with Crippen LogP contribution in [-0.4, -0.2) is 16.0 Å². The van der Waals surface area contributed by atoms with Crippen LogP contribution in [0.2, 0.25) is 0 Å². The van der Waals surface area contributed by atoms with Crippen LogP contribution in [0, 0.1) is 13.8 Å². The molecule has 0 aliphatic rings. The molecule has 5 heteroatoms. The molecule has 27 heavy (non-hydrogen) atoms. The number of nitrogens with zero attached hydrogens (tertiary/aromatic N) is 2. The molecule has 0 fully saturated rings. The van der Waals surface area contributed by atoms with E-state index in [-0.39, 0.29) is 5.91 Å². The van der Waals surface area contributed by atoms with Gasteiger partial charge in [0.05, 0.1) is 0 Å². The van der Waals surface area contributed by atoms with Crippen molar-refractivity contribution in [3.05, 3.63) is 65.0 Å². The summed E-state index contributed by atoms with van der Waals surface area (Å²) in [5.41, 5.74) is 5.24. The van der Waals surface area contributed by atoms with Gasteiger partial charge in [-0.15, -0.1) is 0 Å². The molecule has 1 amide bonds. The third kappa shape index (κ3) is 5.03. The summed E-state index contributed by atoms with van der Waals surface area (Å²) < 4.78 is 5.29. The van der Waals surface area contributed by atoms with Crippen LogP contribution >= 0.6 is 0 Å². The number of rotatable bonds is 6. The van der Waals surface area contributed by atoms with Crippen molar-refractivity contribution in [2.24, 2.45) is 0 Å². The van der Waals surface area contributed by atoms with Gasteiger partial charge in [-0.3, -0.25) is 4.79 Å². The van der Waals surface area contributed by atoms with Gasteiger partial charge in [-0.05, 0) is 48.6 Å². The molecular formula is C22H25N3O2. The van der Waals surface area contributed by atoms with Gasteiger partial charge in [-0.2, -0.15) is 4.98 Å². The van der Waals surface area contributed by atoms with Crippen LogP contribution in [0.5, 0.6) is 0 Å². The first-order valence-electron chi connectivity index (χ1n) is 9.22. The summed E-state index contributed by atoms with van der Waals surface area (Å²) in [6.45, 7) is 8.34. The lowest BCUT2D eigenvalue weighted by atomic mass is 10.0. The van der Waals surface area contributed by atoms with E-state index in [1.165, 1.54) is 5.56 Å². The van der Waals surface area contributed by atoms with Gasteiger partial charge in [0.25, 0.3) is 0 Å². The van der Waals surface area contributed by atoms with Crippen LogP contribution in [0.15, 0.2) is 47.0 Å². The highest BCUT2D eigenvalue weighted by atomic mass is 16.5. The first-order valence-corrected chi connectivity index (χ1v) is 9.22. The Balaban J connectivity index is 1.58. The molecule has 0 bridgehead atoms. The molecule has 1 N–H and O–H groups in total. The number of amides is 1. The van der Waals surface area contributed by atoms with Crippen molar-refractivity contribution >= 4 is 11.6 Å². The Labute approximate surface area is 159 Å². The molecule has 0 spiro atoms. The summed E-state index contributed by atoms with van der Waals surface area (Å²) in [7, 11) is 0. The molecule has 0 unspecified atom stereocenters. The second-order valence-electron chi connectivity index (χ2n) is 7.21. The summed E-state index contributed by atoms with van der Waals surface area (Å²) in [5, 5.41) is 6.95. The molecule has 2 aromatic carbocycles. The zero-order valence-corrected chi connectivity index (χ0v) is 16.2. The number of benzene rings is 2. The molecule has 0 aliphatic heterocycles. The van der Waals surface area contributed by atoms with E-state index < -0.39 is 0 Å². The number of nitrogens with one attached hydrogen (secondary N) is 1. The lowest BCUT2D eigenvalue weighted by Crippen LogP contribution is -2.12.